The van der Waals surface area contributed by atoms with Gasteiger partial charge in [0.2, 0.25) is 0 Å². The molecule has 15 heavy (non-hydrogen) atoms. The van der Waals surface area contributed by atoms with E-state index in [1.807, 2.05) is 12.1 Å². The SMILES string of the molecule is ClC1=c2ccccc2=C2C(Br)=CCC=C12. The molecule has 0 amide bonds. The predicted octanol–water partition coefficient (Wildman–Crippen LogP) is 2.81. The van der Waals surface area contributed by atoms with Gasteiger partial charge in [-0.15, -0.1) is 0 Å². The second kappa shape index (κ2) is 3.36. The molecular formula is C13H8BrCl. The molecule has 0 spiro atoms. The van der Waals surface area contributed by atoms with Crippen molar-refractivity contribution in [2.75, 3.05) is 0 Å². The third-order valence-corrected chi connectivity index (χ3v) is 3.92. The molecule has 2 aliphatic carbocycles. The van der Waals surface area contributed by atoms with Crippen LogP contribution < -0.4 is 10.4 Å². The van der Waals surface area contributed by atoms with Gasteiger partial charge in [-0.2, -0.15) is 0 Å². The van der Waals surface area contributed by atoms with Gasteiger partial charge in [0, 0.05) is 15.3 Å². The number of fused-ring (bicyclic) bond motifs is 2. The van der Waals surface area contributed by atoms with Crippen molar-refractivity contribution in [3.63, 3.8) is 0 Å². The third kappa shape index (κ3) is 1.27. The summed E-state index contributed by atoms with van der Waals surface area (Å²) in [5.41, 5.74) is 2.41. The summed E-state index contributed by atoms with van der Waals surface area (Å²) in [6.45, 7) is 0. The maximum atomic E-state index is 6.36. The Morgan fingerprint density at radius 2 is 1.80 bits per heavy atom. The highest BCUT2D eigenvalue weighted by molar-refractivity contribution is 9.12. The van der Waals surface area contributed by atoms with Crippen LogP contribution in [0.15, 0.2) is 46.5 Å². The monoisotopic (exact) mass is 278 g/mol. The Labute approximate surface area is 101 Å². The van der Waals surface area contributed by atoms with Crippen LogP contribution >= 0.6 is 27.5 Å². The largest absolute Gasteiger partial charge is 0.0830 e. The second-order valence-electron chi connectivity index (χ2n) is 3.64. The summed E-state index contributed by atoms with van der Waals surface area (Å²) >= 11 is 9.96. The van der Waals surface area contributed by atoms with Crippen LogP contribution in [-0.4, -0.2) is 0 Å². The van der Waals surface area contributed by atoms with E-state index in [1.165, 1.54) is 16.4 Å². The molecule has 0 saturated heterocycles. The van der Waals surface area contributed by atoms with Crippen LogP contribution in [0.5, 0.6) is 0 Å². The summed E-state index contributed by atoms with van der Waals surface area (Å²) < 4.78 is 1.16. The maximum absolute atomic E-state index is 6.36. The van der Waals surface area contributed by atoms with E-state index in [2.05, 4.69) is 40.2 Å². The van der Waals surface area contributed by atoms with E-state index in [0.29, 0.717) is 0 Å². The Morgan fingerprint density at radius 3 is 2.60 bits per heavy atom. The first-order valence-corrected chi connectivity index (χ1v) is 6.02. The van der Waals surface area contributed by atoms with Crippen molar-refractivity contribution < 1.29 is 0 Å². The van der Waals surface area contributed by atoms with Crippen molar-refractivity contribution in [1.29, 1.82) is 0 Å². The Morgan fingerprint density at radius 1 is 1.07 bits per heavy atom. The second-order valence-corrected chi connectivity index (χ2v) is 4.87. The fraction of sp³-hybridized carbons (Fsp3) is 0.0769. The molecular weight excluding hydrogens is 272 g/mol. The van der Waals surface area contributed by atoms with Gasteiger partial charge in [0.1, 0.15) is 0 Å². The number of rotatable bonds is 0. The third-order valence-electron chi connectivity index (χ3n) is 2.80. The van der Waals surface area contributed by atoms with Crippen LogP contribution in [0.3, 0.4) is 0 Å². The van der Waals surface area contributed by atoms with Crippen molar-refractivity contribution in [3.8, 4) is 0 Å². The first-order valence-electron chi connectivity index (χ1n) is 4.85. The van der Waals surface area contributed by atoms with Crippen molar-refractivity contribution in [2.24, 2.45) is 0 Å². The van der Waals surface area contributed by atoms with E-state index < -0.39 is 0 Å². The summed E-state index contributed by atoms with van der Waals surface area (Å²) in [4.78, 5) is 0. The minimum atomic E-state index is 0.880. The van der Waals surface area contributed by atoms with Gasteiger partial charge in [0.05, 0.1) is 5.03 Å². The van der Waals surface area contributed by atoms with Crippen LogP contribution in [0.4, 0.5) is 0 Å². The molecule has 3 rings (SSSR count). The van der Waals surface area contributed by atoms with E-state index in [9.17, 15) is 0 Å². The van der Waals surface area contributed by atoms with Crippen LogP contribution in [0.25, 0.3) is 10.6 Å². The standard InChI is InChI=1S/C13H8BrCl/c14-11-7-3-6-10-12(11)8-4-1-2-5-9(8)13(10)15/h1-2,4-7H,3H2. The van der Waals surface area contributed by atoms with Crippen LogP contribution in [0, 0.1) is 0 Å². The number of halogens is 2. The zero-order chi connectivity index (χ0) is 10.4. The molecule has 0 fully saturated rings. The molecule has 2 aliphatic rings. The first-order chi connectivity index (χ1) is 7.29. The molecule has 0 N–H and O–H groups in total. The number of allylic oxidation sites excluding steroid dienone is 4. The summed E-state index contributed by atoms with van der Waals surface area (Å²) in [5.74, 6) is 0. The molecule has 1 aromatic rings. The molecule has 2 heteroatoms. The number of benzene rings is 1. The van der Waals surface area contributed by atoms with Crippen molar-refractivity contribution in [1.82, 2.24) is 0 Å². The first kappa shape index (κ1) is 9.44. The topological polar surface area (TPSA) is 0 Å². The average Bonchev–Trinajstić information content (AvgIpc) is 2.55. The summed E-state index contributed by atoms with van der Waals surface area (Å²) in [6.07, 6.45) is 5.30. The summed E-state index contributed by atoms with van der Waals surface area (Å²) in [6, 6.07) is 8.27. The summed E-state index contributed by atoms with van der Waals surface area (Å²) in [7, 11) is 0. The lowest BCUT2D eigenvalue weighted by atomic mass is 10.0. The van der Waals surface area contributed by atoms with Crippen molar-refractivity contribution in [2.45, 2.75) is 6.42 Å². The minimum absolute atomic E-state index is 0.880. The fourth-order valence-corrected chi connectivity index (χ4v) is 3.07. The van der Waals surface area contributed by atoms with E-state index in [1.54, 1.807) is 0 Å². The zero-order valence-corrected chi connectivity index (χ0v) is 10.3. The molecule has 0 heterocycles. The van der Waals surface area contributed by atoms with Gasteiger partial charge in [-0.25, -0.2) is 0 Å². The molecule has 0 aromatic heterocycles. The van der Waals surface area contributed by atoms with Gasteiger partial charge < -0.3 is 0 Å². The molecule has 1 aromatic carbocycles. The van der Waals surface area contributed by atoms with E-state index >= 15 is 0 Å². The maximum Gasteiger partial charge on any atom is 0.0560 e. The lowest BCUT2D eigenvalue weighted by Crippen LogP contribution is -2.22. The van der Waals surface area contributed by atoms with Crippen LogP contribution in [0.1, 0.15) is 6.42 Å². The average molecular weight is 280 g/mol. The fourth-order valence-electron chi connectivity index (χ4n) is 2.12. The van der Waals surface area contributed by atoms with E-state index in [-0.39, 0.29) is 0 Å². The Hall–Kier alpha value is -0.790. The van der Waals surface area contributed by atoms with E-state index in [0.717, 1.165) is 21.2 Å². The van der Waals surface area contributed by atoms with Gasteiger partial charge in [0.15, 0.2) is 0 Å². The van der Waals surface area contributed by atoms with Gasteiger partial charge in [-0.3, -0.25) is 0 Å². The molecule has 74 valence electrons. The lowest BCUT2D eigenvalue weighted by molar-refractivity contribution is 1.35. The number of hydrogen-bond acceptors (Lipinski definition) is 0. The molecule has 0 bridgehead atoms. The minimum Gasteiger partial charge on any atom is -0.0830 e. The highest BCUT2D eigenvalue weighted by Crippen LogP contribution is 2.37. The smallest absolute Gasteiger partial charge is 0.0560 e. The lowest BCUT2D eigenvalue weighted by Gasteiger charge is -2.10. The van der Waals surface area contributed by atoms with Gasteiger partial charge in [0.25, 0.3) is 0 Å². The van der Waals surface area contributed by atoms with Crippen LogP contribution in [0.2, 0.25) is 0 Å². The van der Waals surface area contributed by atoms with Gasteiger partial charge in [-0.1, -0.05) is 63.9 Å². The molecule has 0 radical (unpaired) electrons. The highest BCUT2D eigenvalue weighted by atomic mass is 79.9. The number of hydrogen-bond donors (Lipinski definition) is 0. The quantitative estimate of drug-likeness (QED) is 0.685. The molecule has 0 atom stereocenters. The molecule has 0 nitrogen and oxygen atoms in total. The Bertz CT molecular complexity index is 620. The Kier molecular flexibility index (Phi) is 2.11. The molecule has 0 unspecified atom stereocenters. The van der Waals surface area contributed by atoms with Crippen LogP contribution in [-0.2, 0) is 0 Å². The molecule has 0 saturated carbocycles. The summed E-state index contributed by atoms with van der Waals surface area (Å²) in [5, 5.41) is 3.26. The van der Waals surface area contributed by atoms with Crippen molar-refractivity contribution >= 4 is 38.1 Å². The molecule has 0 aliphatic heterocycles. The zero-order valence-electron chi connectivity index (χ0n) is 7.93. The normalized spacial score (nSPS) is 18.3. The highest BCUT2D eigenvalue weighted by Gasteiger charge is 2.21. The van der Waals surface area contributed by atoms with Gasteiger partial charge >= 0.3 is 0 Å². The van der Waals surface area contributed by atoms with E-state index in [4.69, 9.17) is 11.6 Å². The predicted molar refractivity (Wildman–Crippen MR) is 68.1 cm³/mol. The Balaban J connectivity index is 2.53. The van der Waals surface area contributed by atoms with Gasteiger partial charge in [-0.05, 0) is 17.2 Å². The van der Waals surface area contributed by atoms with Crippen molar-refractivity contribution in [3.05, 3.63) is 56.9 Å².